The number of nitrogens with zero attached hydrogens (tertiary/aromatic N) is 1. The molecule has 0 radical (unpaired) electrons. The Bertz CT molecular complexity index is 358. The lowest BCUT2D eigenvalue weighted by atomic mass is 9.87. The van der Waals surface area contributed by atoms with E-state index in [0.29, 0.717) is 18.3 Å². The predicted molar refractivity (Wildman–Crippen MR) is 88.4 cm³/mol. The maximum absolute atomic E-state index is 12.1. The average molecular weight is 308 g/mol. The van der Waals surface area contributed by atoms with Gasteiger partial charge in [0.05, 0.1) is 6.54 Å². The van der Waals surface area contributed by atoms with Gasteiger partial charge in [0, 0.05) is 20.0 Å². The predicted octanol–water partition coefficient (Wildman–Crippen LogP) is 3.11. The molecule has 4 heteroatoms. The standard InChI is InChI=1S/C18H32N2O2/c1-20(14-16-10-6-3-7-11-16)18(22)13-19-17(21)12-15-8-4-2-5-9-15/h15-16H,2-14H2,1H3,(H,19,21). The SMILES string of the molecule is CN(CC1CCCCC1)C(=O)CNC(=O)CC1CCCCC1. The number of amides is 2. The topological polar surface area (TPSA) is 49.4 Å². The van der Waals surface area contributed by atoms with Crippen LogP contribution in [-0.4, -0.2) is 36.9 Å². The molecule has 0 unspecified atom stereocenters. The Balaban J connectivity index is 1.61. The third-order valence-electron chi connectivity index (χ3n) is 5.32. The number of hydrogen-bond acceptors (Lipinski definition) is 2. The minimum atomic E-state index is 0.0440. The Morgan fingerprint density at radius 2 is 1.45 bits per heavy atom. The molecule has 2 rings (SSSR count). The van der Waals surface area contributed by atoms with Gasteiger partial charge in [0.15, 0.2) is 0 Å². The van der Waals surface area contributed by atoms with Crippen LogP contribution in [0.2, 0.25) is 0 Å². The zero-order valence-corrected chi connectivity index (χ0v) is 14.1. The molecule has 126 valence electrons. The van der Waals surface area contributed by atoms with Crippen molar-refractivity contribution < 1.29 is 9.59 Å². The molecule has 0 atom stereocenters. The van der Waals surface area contributed by atoms with E-state index in [4.69, 9.17) is 0 Å². The molecule has 0 aromatic heterocycles. The van der Waals surface area contributed by atoms with Crippen molar-refractivity contribution in [2.45, 2.75) is 70.6 Å². The summed E-state index contributed by atoms with van der Waals surface area (Å²) in [6.45, 7) is 1.01. The molecule has 0 bridgehead atoms. The van der Waals surface area contributed by atoms with Crippen LogP contribution in [0, 0.1) is 11.8 Å². The van der Waals surface area contributed by atoms with Gasteiger partial charge in [0.1, 0.15) is 0 Å². The Hall–Kier alpha value is -1.06. The lowest BCUT2D eigenvalue weighted by Crippen LogP contribution is -2.40. The third kappa shape index (κ3) is 5.98. The Labute approximate surface area is 135 Å². The summed E-state index contributed by atoms with van der Waals surface area (Å²) in [7, 11) is 1.87. The van der Waals surface area contributed by atoms with Crippen molar-refractivity contribution in [3.05, 3.63) is 0 Å². The van der Waals surface area contributed by atoms with Gasteiger partial charge in [-0.3, -0.25) is 9.59 Å². The smallest absolute Gasteiger partial charge is 0.241 e. The summed E-state index contributed by atoms with van der Waals surface area (Å²) in [5, 5.41) is 2.82. The van der Waals surface area contributed by atoms with E-state index in [9.17, 15) is 9.59 Å². The van der Waals surface area contributed by atoms with Gasteiger partial charge in [-0.15, -0.1) is 0 Å². The van der Waals surface area contributed by atoms with Gasteiger partial charge in [-0.2, -0.15) is 0 Å². The first kappa shape index (κ1) is 17.3. The van der Waals surface area contributed by atoms with Gasteiger partial charge in [-0.05, 0) is 37.5 Å². The maximum atomic E-state index is 12.1. The first-order valence-corrected chi connectivity index (χ1v) is 9.16. The second-order valence-electron chi connectivity index (χ2n) is 7.26. The van der Waals surface area contributed by atoms with Crippen LogP contribution in [-0.2, 0) is 9.59 Å². The van der Waals surface area contributed by atoms with Crippen molar-refractivity contribution >= 4 is 11.8 Å². The Morgan fingerprint density at radius 1 is 0.909 bits per heavy atom. The molecule has 1 N–H and O–H groups in total. The number of carbonyl (C=O) groups excluding carboxylic acids is 2. The van der Waals surface area contributed by atoms with Crippen molar-refractivity contribution in [1.82, 2.24) is 10.2 Å². The van der Waals surface area contributed by atoms with Gasteiger partial charge in [0.25, 0.3) is 0 Å². The summed E-state index contributed by atoms with van der Waals surface area (Å²) < 4.78 is 0. The number of hydrogen-bond donors (Lipinski definition) is 1. The maximum Gasteiger partial charge on any atom is 0.241 e. The van der Waals surface area contributed by atoms with Crippen molar-refractivity contribution in [3.8, 4) is 0 Å². The first-order chi connectivity index (χ1) is 10.6. The fraction of sp³-hybridized carbons (Fsp3) is 0.889. The van der Waals surface area contributed by atoms with E-state index in [-0.39, 0.29) is 18.4 Å². The molecular weight excluding hydrogens is 276 g/mol. The molecule has 2 saturated carbocycles. The van der Waals surface area contributed by atoms with E-state index >= 15 is 0 Å². The van der Waals surface area contributed by atoms with Gasteiger partial charge < -0.3 is 10.2 Å². The molecule has 2 aliphatic carbocycles. The van der Waals surface area contributed by atoms with Gasteiger partial charge >= 0.3 is 0 Å². The second-order valence-corrected chi connectivity index (χ2v) is 7.26. The summed E-state index contributed by atoms with van der Waals surface area (Å²) in [4.78, 5) is 25.9. The third-order valence-corrected chi connectivity index (χ3v) is 5.32. The average Bonchev–Trinajstić information content (AvgIpc) is 2.54. The minimum absolute atomic E-state index is 0.0440. The quantitative estimate of drug-likeness (QED) is 0.819. The van der Waals surface area contributed by atoms with E-state index in [1.165, 1.54) is 64.2 Å². The molecule has 0 heterocycles. The zero-order chi connectivity index (χ0) is 15.8. The molecule has 0 aromatic carbocycles. The van der Waals surface area contributed by atoms with Crippen molar-refractivity contribution in [3.63, 3.8) is 0 Å². The minimum Gasteiger partial charge on any atom is -0.347 e. The summed E-state index contributed by atoms with van der Waals surface area (Å²) in [5.41, 5.74) is 0. The van der Waals surface area contributed by atoms with Crippen LogP contribution < -0.4 is 5.32 Å². The highest BCUT2D eigenvalue weighted by Gasteiger charge is 2.20. The van der Waals surface area contributed by atoms with Gasteiger partial charge in [-0.25, -0.2) is 0 Å². The van der Waals surface area contributed by atoms with Crippen LogP contribution in [0.3, 0.4) is 0 Å². The first-order valence-electron chi connectivity index (χ1n) is 9.16. The van der Waals surface area contributed by atoms with Gasteiger partial charge in [-0.1, -0.05) is 38.5 Å². The van der Waals surface area contributed by atoms with Crippen LogP contribution in [0.5, 0.6) is 0 Å². The molecule has 0 saturated heterocycles. The Kier molecular flexibility index (Phi) is 7.20. The molecule has 2 fully saturated rings. The van der Waals surface area contributed by atoms with E-state index in [1.807, 2.05) is 7.05 Å². The highest BCUT2D eigenvalue weighted by Crippen LogP contribution is 2.26. The molecule has 2 amide bonds. The zero-order valence-electron chi connectivity index (χ0n) is 14.1. The molecule has 0 aliphatic heterocycles. The lowest BCUT2D eigenvalue weighted by molar-refractivity contribution is -0.132. The van der Waals surface area contributed by atoms with E-state index in [0.717, 1.165) is 6.54 Å². The molecular formula is C18H32N2O2. The monoisotopic (exact) mass is 308 g/mol. The number of nitrogens with one attached hydrogen (secondary N) is 1. The fourth-order valence-corrected chi connectivity index (χ4v) is 3.89. The summed E-state index contributed by atoms with van der Waals surface area (Å²) in [5.74, 6) is 1.28. The van der Waals surface area contributed by atoms with Gasteiger partial charge in [0.2, 0.25) is 11.8 Å². The molecule has 2 aliphatic rings. The summed E-state index contributed by atoms with van der Waals surface area (Å²) >= 11 is 0. The van der Waals surface area contributed by atoms with Crippen LogP contribution in [0.4, 0.5) is 0 Å². The van der Waals surface area contributed by atoms with Crippen molar-refractivity contribution in [1.29, 1.82) is 0 Å². The number of rotatable bonds is 6. The van der Waals surface area contributed by atoms with E-state index in [1.54, 1.807) is 4.90 Å². The Morgan fingerprint density at radius 3 is 2.05 bits per heavy atom. The fourth-order valence-electron chi connectivity index (χ4n) is 3.89. The number of likely N-dealkylation sites (N-methyl/N-ethyl adjacent to an activating group) is 1. The van der Waals surface area contributed by atoms with Crippen LogP contribution >= 0.6 is 0 Å². The van der Waals surface area contributed by atoms with E-state index in [2.05, 4.69) is 5.32 Å². The lowest BCUT2D eigenvalue weighted by Gasteiger charge is -2.27. The van der Waals surface area contributed by atoms with Crippen LogP contribution in [0.1, 0.15) is 70.6 Å². The highest BCUT2D eigenvalue weighted by atomic mass is 16.2. The van der Waals surface area contributed by atoms with Crippen LogP contribution in [0.15, 0.2) is 0 Å². The second kappa shape index (κ2) is 9.16. The normalized spacial score (nSPS) is 20.6. The molecule has 4 nitrogen and oxygen atoms in total. The molecule has 0 aromatic rings. The summed E-state index contributed by atoms with van der Waals surface area (Å²) in [6, 6.07) is 0. The van der Waals surface area contributed by atoms with Crippen molar-refractivity contribution in [2.75, 3.05) is 20.1 Å². The summed E-state index contributed by atoms with van der Waals surface area (Å²) in [6.07, 6.45) is 13.2. The highest BCUT2D eigenvalue weighted by molar-refractivity contribution is 5.84. The molecule has 22 heavy (non-hydrogen) atoms. The van der Waals surface area contributed by atoms with Crippen LogP contribution in [0.25, 0.3) is 0 Å². The molecule has 0 spiro atoms. The van der Waals surface area contributed by atoms with E-state index < -0.39 is 0 Å². The largest absolute Gasteiger partial charge is 0.347 e. The van der Waals surface area contributed by atoms with Crippen molar-refractivity contribution in [2.24, 2.45) is 11.8 Å². The number of carbonyl (C=O) groups is 2.